The summed E-state index contributed by atoms with van der Waals surface area (Å²) in [5.41, 5.74) is 5.78. The second kappa shape index (κ2) is 8.34. The molecular formula is C23H19Cl2N3OS. The first-order valence-corrected chi connectivity index (χ1v) is 10.9. The topological polar surface area (TPSA) is 46.4 Å². The standard InChI is InChI=1S/C23H19Cl2N3OS/c1-13-4-7-18(8-5-13)26-23-27-22(29)21(30-23)11-16-10-14(2)28(15(16)3)20-9-6-17(24)12-19(20)25/h4-12H,1-3H3,(H,26,27,29)/b21-11+. The first-order valence-electron chi connectivity index (χ1n) is 9.32. The van der Waals surface area contributed by atoms with Crippen LogP contribution in [-0.2, 0) is 4.79 Å². The van der Waals surface area contributed by atoms with Crippen molar-refractivity contribution < 1.29 is 4.79 Å². The van der Waals surface area contributed by atoms with E-state index in [0.29, 0.717) is 20.1 Å². The number of thioether (sulfide) groups is 1. The van der Waals surface area contributed by atoms with Gasteiger partial charge in [-0.1, -0.05) is 40.9 Å². The molecule has 0 unspecified atom stereocenters. The van der Waals surface area contributed by atoms with Crippen LogP contribution < -0.4 is 5.32 Å². The van der Waals surface area contributed by atoms with Gasteiger partial charge in [0.25, 0.3) is 5.91 Å². The van der Waals surface area contributed by atoms with E-state index in [-0.39, 0.29) is 5.91 Å². The monoisotopic (exact) mass is 455 g/mol. The van der Waals surface area contributed by atoms with Gasteiger partial charge in [-0.15, -0.1) is 0 Å². The average Bonchev–Trinajstić information content (AvgIpc) is 3.17. The molecule has 0 aliphatic carbocycles. The zero-order chi connectivity index (χ0) is 21.4. The first-order chi connectivity index (χ1) is 14.3. The number of amides is 1. The van der Waals surface area contributed by atoms with Gasteiger partial charge in [0.05, 0.1) is 21.3 Å². The molecule has 0 saturated carbocycles. The van der Waals surface area contributed by atoms with Gasteiger partial charge < -0.3 is 9.88 Å². The summed E-state index contributed by atoms with van der Waals surface area (Å²) < 4.78 is 2.06. The van der Waals surface area contributed by atoms with E-state index in [4.69, 9.17) is 23.2 Å². The Labute approximate surface area is 189 Å². The SMILES string of the molecule is Cc1ccc(N=C2NC(=O)/C(=C\c3cc(C)n(-c4ccc(Cl)cc4Cl)c3C)S2)cc1. The number of nitrogens with zero attached hydrogens (tertiary/aromatic N) is 2. The van der Waals surface area contributed by atoms with Gasteiger partial charge in [-0.2, -0.15) is 0 Å². The molecule has 0 radical (unpaired) electrons. The van der Waals surface area contributed by atoms with Crippen LogP contribution in [0.2, 0.25) is 10.0 Å². The van der Waals surface area contributed by atoms with E-state index in [1.807, 2.05) is 69.3 Å². The van der Waals surface area contributed by atoms with Gasteiger partial charge in [-0.3, -0.25) is 4.79 Å². The predicted octanol–water partition coefficient (Wildman–Crippen LogP) is 6.60. The Morgan fingerprint density at radius 2 is 1.77 bits per heavy atom. The van der Waals surface area contributed by atoms with Crippen molar-refractivity contribution in [2.75, 3.05) is 0 Å². The van der Waals surface area contributed by atoms with E-state index in [0.717, 1.165) is 28.3 Å². The van der Waals surface area contributed by atoms with E-state index in [1.165, 1.54) is 17.3 Å². The number of nitrogens with one attached hydrogen (secondary N) is 1. The highest BCUT2D eigenvalue weighted by molar-refractivity contribution is 8.18. The van der Waals surface area contributed by atoms with Crippen molar-refractivity contribution in [3.8, 4) is 5.69 Å². The lowest BCUT2D eigenvalue weighted by atomic mass is 10.2. The van der Waals surface area contributed by atoms with Crippen molar-refractivity contribution in [3.63, 3.8) is 0 Å². The van der Waals surface area contributed by atoms with E-state index < -0.39 is 0 Å². The van der Waals surface area contributed by atoms with Gasteiger partial charge in [-0.25, -0.2) is 4.99 Å². The van der Waals surface area contributed by atoms with Crippen LogP contribution in [0.15, 0.2) is 58.4 Å². The van der Waals surface area contributed by atoms with Gasteiger partial charge >= 0.3 is 0 Å². The molecule has 4 rings (SSSR count). The number of amidine groups is 1. The second-order valence-electron chi connectivity index (χ2n) is 7.07. The zero-order valence-corrected chi connectivity index (χ0v) is 19.0. The lowest BCUT2D eigenvalue weighted by molar-refractivity contribution is -0.115. The van der Waals surface area contributed by atoms with Crippen LogP contribution in [0.4, 0.5) is 5.69 Å². The minimum absolute atomic E-state index is 0.153. The number of carbonyl (C=O) groups is 1. The van der Waals surface area contributed by atoms with Crippen molar-refractivity contribution in [3.05, 3.63) is 86.0 Å². The third-order valence-corrected chi connectivity index (χ3v) is 6.27. The van der Waals surface area contributed by atoms with Crippen LogP contribution in [0.25, 0.3) is 11.8 Å². The van der Waals surface area contributed by atoms with Crippen LogP contribution in [0.5, 0.6) is 0 Å². The molecule has 1 saturated heterocycles. The van der Waals surface area contributed by atoms with Crippen LogP contribution in [0.3, 0.4) is 0 Å². The maximum atomic E-state index is 12.5. The molecule has 1 aliphatic rings. The van der Waals surface area contributed by atoms with Crippen LogP contribution in [0.1, 0.15) is 22.5 Å². The molecule has 0 bridgehead atoms. The van der Waals surface area contributed by atoms with E-state index in [2.05, 4.69) is 14.9 Å². The molecular weight excluding hydrogens is 437 g/mol. The highest BCUT2D eigenvalue weighted by Crippen LogP contribution is 2.32. The van der Waals surface area contributed by atoms with Crippen LogP contribution in [-0.4, -0.2) is 15.6 Å². The van der Waals surface area contributed by atoms with Gasteiger partial charge in [0, 0.05) is 16.4 Å². The number of carbonyl (C=O) groups excluding carboxylic acids is 1. The van der Waals surface area contributed by atoms with Gasteiger partial charge in [-0.05, 0) is 80.6 Å². The average molecular weight is 456 g/mol. The van der Waals surface area contributed by atoms with E-state index in [9.17, 15) is 4.79 Å². The fourth-order valence-corrected chi connectivity index (χ4v) is 4.65. The normalized spacial score (nSPS) is 16.5. The number of hydrogen-bond acceptors (Lipinski definition) is 3. The summed E-state index contributed by atoms with van der Waals surface area (Å²) in [6.45, 7) is 6.03. The second-order valence-corrected chi connectivity index (χ2v) is 8.95. The van der Waals surface area contributed by atoms with Crippen molar-refractivity contribution in [1.82, 2.24) is 9.88 Å². The fraction of sp³-hybridized carbons (Fsp3) is 0.130. The molecule has 1 fully saturated rings. The van der Waals surface area contributed by atoms with Crippen LogP contribution in [0, 0.1) is 20.8 Å². The van der Waals surface area contributed by atoms with Crippen molar-refractivity contribution in [1.29, 1.82) is 0 Å². The van der Waals surface area contributed by atoms with Crippen molar-refractivity contribution in [2.45, 2.75) is 20.8 Å². The summed E-state index contributed by atoms with van der Waals surface area (Å²) in [4.78, 5) is 17.6. The lowest BCUT2D eigenvalue weighted by Crippen LogP contribution is -2.19. The predicted molar refractivity (Wildman–Crippen MR) is 127 cm³/mol. The molecule has 1 aromatic heterocycles. The summed E-state index contributed by atoms with van der Waals surface area (Å²) in [5.74, 6) is -0.153. The van der Waals surface area contributed by atoms with Crippen LogP contribution >= 0.6 is 35.0 Å². The highest BCUT2D eigenvalue weighted by Gasteiger charge is 2.24. The van der Waals surface area contributed by atoms with Gasteiger partial charge in [0.1, 0.15) is 0 Å². The summed E-state index contributed by atoms with van der Waals surface area (Å²) in [7, 11) is 0. The Morgan fingerprint density at radius 3 is 2.47 bits per heavy atom. The van der Waals surface area contributed by atoms with E-state index >= 15 is 0 Å². The number of aromatic nitrogens is 1. The number of aryl methyl sites for hydroxylation is 2. The molecule has 4 nitrogen and oxygen atoms in total. The first kappa shape index (κ1) is 20.8. The highest BCUT2D eigenvalue weighted by atomic mass is 35.5. The summed E-state index contributed by atoms with van der Waals surface area (Å²) >= 11 is 13.8. The molecule has 3 aromatic rings. The summed E-state index contributed by atoms with van der Waals surface area (Å²) in [6, 6.07) is 15.3. The minimum atomic E-state index is -0.153. The molecule has 152 valence electrons. The third-order valence-electron chi connectivity index (χ3n) is 4.82. The molecule has 0 spiro atoms. The van der Waals surface area contributed by atoms with Crippen molar-refractivity contribution >= 4 is 57.8 Å². The Kier molecular flexibility index (Phi) is 5.78. The third kappa shape index (κ3) is 4.19. The number of aliphatic imine (C=N–C) groups is 1. The van der Waals surface area contributed by atoms with Gasteiger partial charge in [0.2, 0.25) is 0 Å². The smallest absolute Gasteiger partial charge is 0.264 e. The maximum absolute atomic E-state index is 12.5. The number of rotatable bonds is 3. The molecule has 1 aliphatic heterocycles. The molecule has 1 N–H and O–H groups in total. The zero-order valence-electron chi connectivity index (χ0n) is 16.7. The molecule has 2 aromatic carbocycles. The van der Waals surface area contributed by atoms with E-state index in [1.54, 1.807) is 6.07 Å². The number of hydrogen-bond donors (Lipinski definition) is 1. The molecule has 7 heteroatoms. The summed E-state index contributed by atoms with van der Waals surface area (Å²) in [5, 5.41) is 4.58. The Bertz CT molecular complexity index is 1210. The largest absolute Gasteiger partial charge is 0.316 e. The quantitative estimate of drug-likeness (QED) is 0.452. The van der Waals surface area contributed by atoms with Crippen molar-refractivity contribution in [2.24, 2.45) is 4.99 Å². The van der Waals surface area contributed by atoms with Gasteiger partial charge in [0.15, 0.2) is 5.17 Å². The molecule has 1 amide bonds. The minimum Gasteiger partial charge on any atom is -0.316 e. The summed E-state index contributed by atoms with van der Waals surface area (Å²) in [6.07, 6.45) is 1.89. The maximum Gasteiger partial charge on any atom is 0.264 e. The number of benzene rings is 2. The Morgan fingerprint density at radius 1 is 1.03 bits per heavy atom. The lowest BCUT2D eigenvalue weighted by Gasteiger charge is -2.12. The fourth-order valence-electron chi connectivity index (χ4n) is 3.33. The molecule has 30 heavy (non-hydrogen) atoms. The molecule has 0 atom stereocenters. The Hall–Kier alpha value is -2.47. The number of halogens is 2. The Balaban J connectivity index is 1.65. The molecule has 2 heterocycles.